The lowest BCUT2D eigenvalue weighted by Gasteiger charge is -2.33. The highest BCUT2D eigenvalue weighted by Crippen LogP contribution is 2.34. The summed E-state index contributed by atoms with van der Waals surface area (Å²) in [5.74, 6) is 1.13. The van der Waals surface area contributed by atoms with E-state index in [9.17, 15) is 9.59 Å². The fourth-order valence-electron chi connectivity index (χ4n) is 3.58. The van der Waals surface area contributed by atoms with Crippen LogP contribution in [0.25, 0.3) is 0 Å². The number of benzene rings is 3. The maximum Gasteiger partial charge on any atom is 0.268 e. The molecular formula is C26H26N2O4. The average molecular weight is 431 g/mol. The molecule has 2 amide bonds. The summed E-state index contributed by atoms with van der Waals surface area (Å²) in [6.45, 7) is 2.69. The molecule has 1 N–H and O–H groups in total. The first-order chi connectivity index (χ1) is 15.6. The smallest absolute Gasteiger partial charge is 0.268 e. The highest BCUT2D eigenvalue weighted by Gasteiger charge is 2.33. The van der Waals surface area contributed by atoms with Crippen molar-refractivity contribution in [3.8, 4) is 11.5 Å². The van der Waals surface area contributed by atoms with Crippen molar-refractivity contribution in [3.05, 3.63) is 84.4 Å². The number of fused-ring (bicyclic) bond motifs is 1. The van der Waals surface area contributed by atoms with E-state index in [2.05, 4.69) is 5.32 Å². The topological polar surface area (TPSA) is 67.9 Å². The van der Waals surface area contributed by atoms with Crippen molar-refractivity contribution >= 4 is 23.2 Å². The number of rotatable bonds is 8. The van der Waals surface area contributed by atoms with Gasteiger partial charge in [-0.15, -0.1) is 0 Å². The molecule has 1 aliphatic heterocycles. The lowest BCUT2D eigenvalue weighted by molar-refractivity contribution is -0.126. The highest BCUT2D eigenvalue weighted by atomic mass is 16.5. The van der Waals surface area contributed by atoms with Gasteiger partial charge < -0.3 is 19.7 Å². The van der Waals surface area contributed by atoms with Crippen molar-refractivity contribution in [2.75, 3.05) is 16.8 Å². The van der Waals surface area contributed by atoms with Gasteiger partial charge in [0.2, 0.25) is 5.91 Å². The summed E-state index contributed by atoms with van der Waals surface area (Å²) in [6, 6.07) is 24.6. The summed E-state index contributed by atoms with van der Waals surface area (Å²) in [5, 5.41) is 2.88. The molecule has 1 heterocycles. The number of nitrogens with one attached hydrogen (secondary N) is 1. The van der Waals surface area contributed by atoms with E-state index in [-0.39, 0.29) is 18.2 Å². The number of amides is 2. The van der Waals surface area contributed by atoms with Gasteiger partial charge in [0.25, 0.3) is 5.91 Å². The largest absolute Gasteiger partial charge is 0.489 e. The summed E-state index contributed by atoms with van der Waals surface area (Å²) in [7, 11) is 0. The molecule has 3 aromatic rings. The minimum Gasteiger partial charge on any atom is -0.489 e. The third-order valence-electron chi connectivity index (χ3n) is 5.29. The zero-order valence-electron chi connectivity index (χ0n) is 18.0. The van der Waals surface area contributed by atoms with Gasteiger partial charge in [-0.25, -0.2) is 0 Å². The predicted octanol–water partition coefficient (Wildman–Crippen LogP) is 4.80. The van der Waals surface area contributed by atoms with Gasteiger partial charge in [0.05, 0.1) is 5.69 Å². The van der Waals surface area contributed by atoms with E-state index in [0.717, 1.165) is 11.3 Å². The summed E-state index contributed by atoms with van der Waals surface area (Å²) in [5.41, 5.74) is 2.48. The Balaban J connectivity index is 1.31. The van der Waals surface area contributed by atoms with Gasteiger partial charge in [0.1, 0.15) is 18.1 Å². The molecule has 6 nitrogen and oxygen atoms in total. The molecule has 0 fully saturated rings. The molecule has 0 spiro atoms. The Hall–Kier alpha value is -3.80. The Morgan fingerprint density at radius 2 is 1.72 bits per heavy atom. The van der Waals surface area contributed by atoms with Crippen LogP contribution in [0.2, 0.25) is 0 Å². The molecule has 164 valence electrons. The van der Waals surface area contributed by atoms with Crippen LogP contribution in [0.4, 0.5) is 11.4 Å². The van der Waals surface area contributed by atoms with Crippen LogP contribution < -0.4 is 19.7 Å². The zero-order chi connectivity index (χ0) is 22.3. The number of nitrogens with zero attached hydrogens (tertiary/aromatic N) is 1. The molecule has 4 rings (SSSR count). The van der Waals surface area contributed by atoms with Gasteiger partial charge in [-0.3, -0.25) is 9.59 Å². The van der Waals surface area contributed by atoms with E-state index >= 15 is 0 Å². The van der Waals surface area contributed by atoms with Gasteiger partial charge in [0.15, 0.2) is 6.10 Å². The fraction of sp³-hybridized carbons (Fsp3) is 0.231. The molecule has 1 unspecified atom stereocenters. The number of para-hydroxylation sites is 2. The van der Waals surface area contributed by atoms with Crippen molar-refractivity contribution < 1.29 is 19.1 Å². The van der Waals surface area contributed by atoms with Crippen molar-refractivity contribution in [1.29, 1.82) is 0 Å². The molecule has 0 saturated carbocycles. The van der Waals surface area contributed by atoms with Crippen LogP contribution in [0.5, 0.6) is 11.5 Å². The van der Waals surface area contributed by atoms with Crippen LogP contribution in [-0.4, -0.2) is 24.5 Å². The van der Waals surface area contributed by atoms with Crippen molar-refractivity contribution in [1.82, 2.24) is 0 Å². The Labute approximate surface area is 187 Å². The van der Waals surface area contributed by atoms with Gasteiger partial charge in [0, 0.05) is 18.7 Å². The highest BCUT2D eigenvalue weighted by molar-refractivity contribution is 6.01. The van der Waals surface area contributed by atoms with Crippen LogP contribution in [0.1, 0.15) is 25.3 Å². The molecule has 0 radical (unpaired) electrons. The molecule has 3 aromatic carbocycles. The van der Waals surface area contributed by atoms with Gasteiger partial charge >= 0.3 is 0 Å². The number of carbonyl (C=O) groups excluding carboxylic acids is 2. The molecule has 1 aliphatic rings. The second-order valence-corrected chi connectivity index (χ2v) is 7.57. The lowest BCUT2D eigenvalue weighted by Crippen LogP contribution is -2.46. The maximum atomic E-state index is 12.7. The second-order valence-electron chi connectivity index (χ2n) is 7.57. The summed E-state index contributed by atoms with van der Waals surface area (Å²) >= 11 is 0. The molecule has 0 aliphatic carbocycles. The molecule has 0 saturated heterocycles. The van der Waals surface area contributed by atoms with Crippen LogP contribution in [-0.2, 0) is 16.2 Å². The van der Waals surface area contributed by atoms with E-state index in [1.807, 2.05) is 73.7 Å². The third kappa shape index (κ3) is 5.09. The summed E-state index contributed by atoms with van der Waals surface area (Å²) < 4.78 is 11.6. The van der Waals surface area contributed by atoms with Crippen molar-refractivity contribution in [3.63, 3.8) is 0 Å². The first kappa shape index (κ1) is 21.4. The maximum absolute atomic E-state index is 12.7. The van der Waals surface area contributed by atoms with Crippen LogP contribution in [0.3, 0.4) is 0 Å². The van der Waals surface area contributed by atoms with E-state index in [4.69, 9.17) is 9.47 Å². The minimum atomic E-state index is -0.517. The lowest BCUT2D eigenvalue weighted by atomic mass is 10.1. The first-order valence-electron chi connectivity index (χ1n) is 10.8. The predicted molar refractivity (Wildman–Crippen MR) is 124 cm³/mol. The number of hydrogen-bond donors (Lipinski definition) is 1. The minimum absolute atomic E-state index is 0.112. The van der Waals surface area contributed by atoms with Crippen LogP contribution in [0, 0.1) is 0 Å². The van der Waals surface area contributed by atoms with E-state index in [1.54, 1.807) is 17.0 Å². The number of anilines is 2. The van der Waals surface area contributed by atoms with Crippen LogP contribution >= 0.6 is 0 Å². The molecule has 0 aromatic heterocycles. The SMILES string of the molecule is CCC1Oc2ccccc2N(CCC(=O)Nc2ccc(OCc3ccccc3)cc2)C1=O. The molecule has 0 bridgehead atoms. The number of carbonyl (C=O) groups is 2. The van der Waals surface area contributed by atoms with Crippen LogP contribution in [0.15, 0.2) is 78.9 Å². The molecule has 32 heavy (non-hydrogen) atoms. The molecular weight excluding hydrogens is 404 g/mol. The Morgan fingerprint density at radius 3 is 2.47 bits per heavy atom. The Morgan fingerprint density at radius 1 is 1.00 bits per heavy atom. The number of ether oxygens (including phenoxy) is 2. The summed E-state index contributed by atoms with van der Waals surface area (Å²) in [6.07, 6.45) is 0.244. The average Bonchev–Trinajstić information content (AvgIpc) is 2.83. The normalized spacial score (nSPS) is 15.0. The fourth-order valence-corrected chi connectivity index (χ4v) is 3.58. The third-order valence-corrected chi connectivity index (χ3v) is 5.29. The van der Waals surface area contributed by atoms with Crippen molar-refractivity contribution in [2.24, 2.45) is 0 Å². The van der Waals surface area contributed by atoms with Gasteiger partial charge in [-0.2, -0.15) is 0 Å². The second kappa shape index (κ2) is 10.0. The first-order valence-corrected chi connectivity index (χ1v) is 10.8. The van der Waals surface area contributed by atoms with Crippen molar-refractivity contribution in [2.45, 2.75) is 32.5 Å². The quantitative estimate of drug-likeness (QED) is 0.558. The van der Waals surface area contributed by atoms with E-state index < -0.39 is 6.10 Å². The monoisotopic (exact) mass is 430 g/mol. The number of hydrogen-bond acceptors (Lipinski definition) is 4. The van der Waals surface area contributed by atoms with E-state index in [1.165, 1.54) is 0 Å². The Kier molecular flexibility index (Phi) is 6.70. The Bertz CT molecular complexity index is 1070. The summed E-state index contributed by atoms with van der Waals surface area (Å²) in [4.78, 5) is 26.9. The zero-order valence-corrected chi connectivity index (χ0v) is 18.0. The van der Waals surface area contributed by atoms with Gasteiger partial charge in [-0.1, -0.05) is 49.4 Å². The van der Waals surface area contributed by atoms with E-state index in [0.29, 0.717) is 36.7 Å². The molecule has 6 heteroatoms. The standard InChI is InChI=1S/C26H26N2O4/c1-2-23-26(30)28(22-10-6-7-11-24(22)32-23)17-16-25(29)27-20-12-14-21(15-13-20)31-18-19-8-4-3-5-9-19/h3-15,23H,2,16-18H2,1H3,(H,27,29). The molecule has 1 atom stereocenters. The van der Waals surface area contributed by atoms with Gasteiger partial charge in [-0.05, 0) is 48.4 Å².